The molecule has 106 valence electrons. The zero-order chi connectivity index (χ0) is 13.6. The molecule has 2 unspecified atom stereocenters. The molecule has 1 N–H and O–H groups in total. The highest BCUT2D eigenvalue weighted by atomic mass is 19.4. The summed E-state index contributed by atoms with van der Waals surface area (Å²) in [4.78, 5) is 1.74. The summed E-state index contributed by atoms with van der Waals surface area (Å²) in [6.45, 7) is 7.30. The smallest absolute Gasteiger partial charge is 0.311 e. The highest BCUT2D eigenvalue weighted by Gasteiger charge is 2.67. The molecule has 1 aliphatic heterocycles. The zero-order valence-corrected chi connectivity index (χ0v) is 11.3. The molecular formula is C13H23F3N2. The normalized spacial score (nSPS) is 32.8. The van der Waals surface area contributed by atoms with Crippen molar-refractivity contribution in [1.29, 1.82) is 0 Å². The fourth-order valence-corrected chi connectivity index (χ4v) is 3.01. The summed E-state index contributed by atoms with van der Waals surface area (Å²) in [5.74, 6) is 0.370. The third kappa shape index (κ3) is 2.27. The van der Waals surface area contributed by atoms with Crippen LogP contribution < -0.4 is 5.32 Å². The van der Waals surface area contributed by atoms with E-state index in [4.69, 9.17) is 0 Å². The summed E-state index contributed by atoms with van der Waals surface area (Å²) in [5.41, 5.74) is -1.51. The van der Waals surface area contributed by atoms with Crippen LogP contribution in [-0.4, -0.2) is 41.8 Å². The van der Waals surface area contributed by atoms with Gasteiger partial charge in [0, 0.05) is 25.2 Å². The van der Waals surface area contributed by atoms with Crippen molar-refractivity contribution < 1.29 is 13.2 Å². The van der Waals surface area contributed by atoms with Crippen LogP contribution in [0.15, 0.2) is 0 Å². The van der Waals surface area contributed by atoms with Gasteiger partial charge in [-0.05, 0) is 25.2 Å². The Morgan fingerprint density at radius 3 is 2.33 bits per heavy atom. The molecule has 5 heteroatoms. The van der Waals surface area contributed by atoms with Crippen molar-refractivity contribution >= 4 is 0 Å². The number of halogens is 3. The highest BCUT2D eigenvalue weighted by Crippen LogP contribution is 2.54. The molecule has 1 aliphatic carbocycles. The number of nitrogens with zero attached hydrogens (tertiary/aromatic N) is 1. The van der Waals surface area contributed by atoms with Gasteiger partial charge in [0.2, 0.25) is 0 Å². The first-order chi connectivity index (χ1) is 8.32. The van der Waals surface area contributed by atoms with Crippen molar-refractivity contribution in [3.8, 4) is 0 Å². The molecule has 2 rings (SSSR count). The second-order valence-corrected chi connectivity index (χ2v) is 6.00. The van der Waals surface area contributed by atoms with Crippen LogP contribution in [-0.2, 0) is 0 Å². The number of hydrogen-bond acceptors (Lipinski definition) is 2. The largest absolute Gasteiger partial charge is 0.406 e. The number of nitrogens with one attached hydrogen (secondary N) is 1. The third-order valence-electron chi connectivity index (χ3n) is 4.53. The molecule has 0 spiro atoms. The molecule has 1 saturated carbocycles. The maximum atomic E-state index is 13.3. The van der Waals surface area contributed by atoms with E-state index in [9.17, 15) is 13.2 Å². The van der Waals surface area contributed by atoms with E-state index in [-0.39, 0.29) is 24.9 Å². The Balaban J connectivity index is 2.17. The summed E-state index contributed by atoms with van der Waals surface area (Å²) in [5, 5.41) is 3.39. The van der Waals surface area contributed by atoms with Gasteiger partial charge >= 0.3 is 6.18 Å². The molecule has 0 aromatic heterocycles. The molecule has 0 radical (unpaired) electrons. The van der Waals surface area contributed by atoms with E-state index in [2.05, 4.69) is 19.2 Å². The average Bonchev–Trinajstić information content (AvgIpc) is 3.08. The number of alkyl halides is 3. The van der Waals surface area contributed by atoms with E-state index in [0.29, 0.717) is 19.0 Å². The summed E-state index contributed by atoms with van der Waals surface area (Å²) < 4.78 is 39.8. The summed E-state index contributed by atoms with van der Waals surface area (Å²) in [6, 6.07) is 0.191. The first kappa shape index (κ1) is 14.1. The van der Waals surface area contributed by atoms with E-state index in [1.54, 1.807) is 4.90 Å². The van der Waals surface area contributed by atoms with Gasteiger partial charge in [0.25, 0.3) is 0 Å². The van der Waals surface area contributed by atoms with Crippen LogP contribution in [0.1, 0.15) is 40.0 Å². The van der Waals surface area contributed by atoms with Crippen LogP contribution in [0.2, 0.25) is 0 Å². The quantitative estimate of drug-likeness (QED) is 0.843. The lowest BCUT2D eigenvalue weighted by Crippen LogP contribution is -2.64. The van der Waals surface area contributed by atoms with Gasteiger partial charge < -0.3 is 5.32 Å². The molecule has 0 aromatic rings. The molecule has 2 nitrogen and oxygen atoms in total. The Bertz CT molecular complexity index is 297. The minimum absolute atomic E-state index is 0.0177. The van der Waals surface area contributed by atoms with Gasteiger partial charge in [0.05, 0.1) is 0 Å². The molecule has 0 amide bonds. The highest BCUT2D eigenvalue weighted by molar-refractivity contribution is 5.12. The van der Waals surface area contributed by atoms with Gasteiger partial charge in [-0.1, -0.05) is 20.8 Å². The lowest BCUT2D eigenvalue weighted by atomic mass is 9.96. The van der Waals surface area contributed by atoms with Crippen LogP contribution >= 0.6 is 0 Å². The predicted molar refractivity (Wildman–Crippen MR) is 65.4 cm³/mol. The fourth-order valence-electron chi connectivity index (χ4n) is 3.01. The van der Waals surface area contributed by atoms with Crippen LogP contribution in [0.3, 0.4) is 0 Å². The van der Waals surface area contributed by atoms with Crippen molar-refractivity contribution in [2.45, 2.75) is 63.8 Å². The van der Waals surface area contributed by atoms with Crippen molar-refractivity contribution in [2.24, 2.45) is 5.92 Å². The average molecular weight is 264 g/mol. The van der Waals surface area contributed by atoms with E-state index >= 15 is 0 Å². The number of hydrogen-bond donors (Lipinski definition) is 1. The Labute approximate surface area is 107 Å². The second-order valence-electron chi connectivity index (χ2n) is 6.00. The minimum Gasteiger partial charge on any atom is -0.311 e. The standard InChI is InChI=1S/C13H23F3N2/c1-4-10-7-17-11(9(2)3)8-18(10)12(5-6-12)13(14,15)16/h9-11,17H,4-8H2,1-3H3. The van der Waals surface area contributed by atoms with Gasteiger partial charge in [-0.2, -0.15) is 13.2 Å². The lowest BCUT2D eigenvalue weighted by molar-refractivity contribution is -0.207. The first-order valence-electron chi connectivity index (χ1n) is 6.88. The van der Waals surface area contributed by atoms with Crippen LogP contribution in [0.25, 0.3) is 0 Å². The summed E-state index contributed by atoms with van der Waals surface area (Å²) >= 11 is 0. The monoisotopic (exact) mass is 264 g/mol. The van der Waals surface area contributed by atoms with Crippen molar-refractivity contribution in [3.63, 3.8) is 0 Å². The minimum atomic E-state index is -4.08. The Kier molecular flexibility index (Phi) is 3.67. The van der Waals surface area contributed by atoms with E-state index < -0.39 is 11.7 Å². The van der Waals surface area contributed by atoms with E-state index in [1.807, 2.05) is 6.92 Å². The van der Waals surface area contributed by atoms with Gasteiger partial charge in [-0.15, -0.1) is 0 Å². The molecule has 2 aliphatic rings. The topological polar surface area (TPSA) is 15.3 Å². The molecule has 18 heavy (non-hydrogen) atoms. The SMILES string of the molecule is CCC1CNC(C(C)C)CN1C1(C(F)(F)F)CC1. The van der Waals surface area contributed by atoms with Crippen molar-refractivity contribution in [3.05, 3.63) is 0 Å². The van der Waals surface area contributed by atoms with Crippen molar-refractivity contribution in [1.82, 2.24) is 10.2 Å². The van der Waals surface area contributed by atoms with Crippen LogP contribution in [0.5, 0.6) is 0 Å². The Morgan fingerprint density at radius 2 is 1.94 bits per heavy atom. The predicted octanol–water partition coefficient (Wildman–Crippen LogP) is 2.79. The fraction of sp³-hybridized carbons (Fsp3) is 1.00. The first-order valence-corrected chi connectivity index (χ1v) is 6.88. The molecular weight excluding hydrogens is 241 g/mol. The van der Waals surface area contributed by atoms with Gasteiger partial charge in [0.15, 0.2) is 0 Å². The number of rotatable bonds is 3. The Morgan fingerprint density at radius 1 is 1.33 bits per heavy atom. The summed E-state index contributed by atoms with van der Waals surface area (Å²) in [6.07, 6.45) is -2.76. The Hall–Kier alpha value is -0.290. The molecule has 1 heterocycles. The molecule has 1 saturated heterocycles. The maximum Gasteiger partial charge on any atom is 0.406 e. The molecule has 2 fully saturated rings. The molecule has 0 bridgehead atoms. The van der Waals surface area contributed by atoms with Crippen LogP contribution in [0, 0.1) is 5.92 Å². The summed E-state index contributed by atoms with van der Waals surface area (Å²) in [7, 11) is 0. The van der Waals surface area contributed by atoms with Gasteiger partial charge in [-0.25, -0.2) is 0 Å². The maximum absolute atomic E-state index is 13.3. The van der Waals surface area contributed by atoms with Crippen molar-refractivity contribution in [2.75, 3.05) is 13.1 Å². The molecule has 2 atom stereocenters. The lowest BCUT2D eigenvalue weighted by Gasteiger charge is -2.46. The molecule has 0 aromatic carbocycles. The van der Waals surface area contributed by atoms with Gasteiger partial charge in [-0.3, -0.25) is 4.90 Å². The zero-order valence-electron chi connectivity index (χ0n) is 11.3. The van der Waals surface area contributed by atoms with E-state index in [1.165, 1.54) is 0 Å². The second kappa shape index (κ2) is 4.67. The van der Waals surface area contributed by atoms with E-state index in [0.717, 1.165) is 6.42 Å². The third-order valence-corrected chi connectivity index (χ3v) is 4.53. The number of piperazine rings is 1. The van der Waals surface area contributed by atoms with Crippen LogP contribution in [0.4, 0.5) is 13.2 Å². The van der Waals surface area contributed by atoms with Gasteiger partial charge in [0.1, 0.15) is 5.54 Å².